The van der Waals surface area contributed by atoms with Gasteiger partial charge in [0.1, 0.15) is 0 Å². The predicted molar refractivity (Wildman–Crippen MR) is 80.0 cm³/mol. The van der Waals surface area contributed by atoms with Crippen LogP contribution < -0.4 is 11.1 Å². The smallest absolute Gasteiger partial charge is 0.258 e. The van der Waals surface area contributed by atoms with Crippen LogP contribution in [0.15, 0.2) is 42.5 Å². The molecule has 2 aromatic rings. The molecular weight excluding hydrogens is 252 g/mol. The second-order valence-corrected chi connectivity index (χ2v) is 4.63. The standard InChI is InChI=1S/C16H16N2O2/c1-10-5-3-8-14(17)15(10)16(20)18-13-7-4-6-12(9-13)11(2)19/h3-9H,17H2,1-2H3,(H,18,20). The molecule has 3 N–H and O–H groups in total. The summed E-state index contributed by atoms with van der Waals surface area (Å²) in [5.74, 6) is -0.321. The quantitative estimate of drug-likeness (QED) is 0.664. The van der Waals surface area contributed by atoms with Crippen LogP contribution >= 0.6 is 0 Å². The Morgan fingerprint density at radius 2 is 1.80 bits per heavy atom. The Morgan fingerprint density at radius 1 is 1.10 bits per heavy atom. The number of anilines is 2. The first-order chi connectivity index (χ1) is 9.49. The van der Waals surface area contributed by atoms with Crippen molar-refractivity contribution >= 4 is 23.1 Å². The summed E-state index contributed by atoms with van der Waals surface area (Å²) in [6, 6.07) is 12.1. The minimum absolute atomic E-state index is 0.0449. The molecule has 0 unspecified atom stereocenters. The van der Waals surface area contributed by atoms with Gasteiger partial charge >= 0.3 is 0 Å². The van der Waals surface area contributed by atoms with Gasteiger partial charge in [-0.25, -0.2) is 0 Å². The van der Waals surface area contributed by atoms with Crippen molar-refractivity contribution in [2.24, 2.45) is 0 Å². The Labute approximate surface area is 117 Å². The molecule has 0 heterocycles. The summed E-state index contributed by atoms with van der Waals surface area (Å²) < 4.78 is 0. The Balaban J connectivity index is 2.28. The second kappa shape index (κ2) is 5.57. The van der Waals surface area contributed by atoms with Gasteiger partial charge in [-0.1, -0.05) is 24.3 Å². The highest BCUT2D eigenvalue weighted by molar-refractivity contribution is 6.09. The molecule has 0 aliphatic heterocycles. The summed E-state index contributed by atoms with van der Waals surface area (Å²) in [5.41, 5.74) is 8.67. The Kier molecular flexibility index (Phi) is 3.84. The molecule has 0 saturated heterocycles. The van der Waals surface area contributed by atoms with Crippen LogP contribution in [0.5, 0.6) is 0 Å². The third kappa shape index (κ3) is 2.85. The number of nitrogens with two attached hydrogens (primary N) is 1. The van der Waals surface area contributed by atoms with Crippen molar-refractivity contribution in [1.29, 1.82) is 0 Å². The molecule has 0 spiro atoms. The van der Waals surface area contributed by atoms with Crippen molar-refractivity contribution in [3.05, 3.63) is 59.2 Å². The zero-order valence-corrected chi connectivity index (χ0v) is 11.4. The number of hydrogen-bond donors (Lipinski definition) is 2. The van der Waals surface area contributed by atoms with Crippen molar-refractivity contribution < 1.29 is 9.59 Å². The number of aryl methyl sites for hydroxylation is 1. The average molecular weight is 268 g/mol. The third-order valence-corrected chi connectivity index (χ3v) is 3.06. The number of amides is 1. The number of benzene rings is 2. The number of nitrogen functional groups attached to an aromatic ring is 1. The Morgan fingerprint density at radius 3 is 2.45 bits per heavy atom. The molecule has 20 heavy (non-hydrogen) atoms. The number of nitrogens with one attached hydrogen (secondary N) is 1. The summed E-state index contributed by atoms with van der Waals surface area (Å²) >= 11 is 0. The van der Waals surface area contributed by atoms with Gasteiger partial charge in [0.05, 0.1) is 5.56 Å². The highest BCUT2D eigenvalue weighted by atomic mass is 16.1. The molecule has 0 fully saturated rings. The van der Waals surface area contributed by atoms with Gasteiger partial charge in [0.15, 0.2) is 5.78 Å². The summed E-state index contributed by atoms with van der Waals surface area (Å²) in [5, 5.41) is 2.76. The third-order valence-electron chi connectivity index (χ3n) is 3.06. The lowest BCUT2D eigenvalue weighted by Crippen LogP contribution is -2.15. The van der Waals surface area contributed by atoms with Crippen molar-refractivity contribution in [1.82, 2.24) is 0 Å². The van der Waals surface area contributed by atoms with E-state index in [0.717, 1.165) is 5.56 Å². The lowest BCUT2D eigenvalue weighted by molar-refractivity contribution is 0.101. The van der Waals surface area contributed by atoms with E-state index in [1.165, 1.54) is 6.92 Å². The first kappa shape index (κ1) is 13.8. The summed E-state index contributed by atoms with van der Waals surface area (Å²) in [6.45, 7) is 3.32. The van der Waals surface area contributed by atoms with Gasteiger partial charge in [-0.05, 0) is 37.6 Å². The van der Waals surface area contributed by atoms with E-state index < -0.39 is 0 Å². The summed E-state index contributed by atoms with van der Waals surface area (Å²) in [6.07, 6.45) is 0. The molecule has 0 radical (unpaired) electrons. The van der Waals surface area contributed by atoms with Gasteiger partial charge in [-0.2, -0.15) is 0 Å². The minimum Gasteiger partial charge on any atom is -0.398 e. The molecule has 4 nitrogen and oxygen atoms in total. The van der Waals surface area contributed by atoms with Gasteiger partial charge < -0.3 is 11.1 Å². The molecule has 0 aromatic heterocycles. The van der Waals surface area contributed by atoms with E-state index in [4.69, 9.17) is 5.73 Å². The first-order valence-corrected chi connectivity index (χ1v) is 6.26. The topological polar surface area (TPSA) is 72.2 Å². The minimum atomic E-state index is -0.277. The molecule has 102 valence electrons. The number of carbonyl (C=O) groups excluding carboxylic acids is 2. The highest BCUT2D eigenvalue weighted by Gasteiger charge is 2.13. The van der Waals surface area contributed by atoms with Gasteiger partial charge in [-0.15, -0.1) is 0 Å². The predicted octanol–water partition coefficient (Wildman–Crippen LogP) is 3.03. The van der Waals surface area contributed by atoms with Crippen LogP contribution in [-0.4, -0.2) is 11.7 Å². The van der Waals surface area contributed by atoms with Crippen LogP contribution in [-0.2, 0) is 0 Å². The van der Waals surface area contributed by atoms with Gasteiger partial charge in [0.2, 0.25) is 0 Å². The van der Waals surface area contributed by atoms with E-state index in [-0.39, 0.29) is 11.7 Å². The number of Topliss-reactive ketones (excluding diaryl/α,β-unsaturated/α-hetero) is 1. The van der Waals surface area contributed by atoms with E-state index in [2.05, 4.69) is 5.32 Å². The Bertz CT molecular complexity index is 658. The molecule has 0 saturated carbocycles. The number of hydrogen-bond acceptors (Lipinski definition) is 3. The van der Waals surface area contributed by atoms with Crippen molar-refractivity contribution in [3.63, 3.8) is 0 Å². The monoisotopic (exact) mass is 268 g/mol. The fourth-order valence-corrected chi connectivity index (χ4v) is 2.01. The van der Waals surface area contributed by atoms with E-state index in [9.17, 15) is 9.59 Å². The van der Waals surface area contributed by atoms with Crippen LogP contribution in [0.25, 0.3) is 0 Å². The van der Waals surface area contributed by atoms with Crippen LogP contribution in [0.2, 0.25) is 0 Å². The van der Waals surface area contributed by atoms with E-state index in [1.54, 1.807) is 36.4 Å². The maximum absolute atomic E-state index is 12.3. The molecule has 0 aliphatic carbocycles. The zero-order chi connectivity index (χ0) is 14.7. The second-order valence-electron chi connectivity index (χ2n) is 4.63. The van der Waals surface area contributed by atoms with Gasteiger partial charge in [0.25, 0.3) is 5.91 Å². The molecule has 4 heteroatoms. The largest absolute Gasteiger partial charge is 0.398 e. The number of carbonyl (C=O) groups is 2. The highest BCUT2D eigenvalue weighted by Crippen LogP contribution is 2.19. The van der Waals surface area contributed by atoms with E-state index in [1.807, 2.05) is 13.0 Å². The lowest BCUT2D eigenvalue weighted by atomic mass is 10.1. The van der Waals surface area contributed by atoms with Crippen molar-refractivity contribution in [2.75, 3.05) is 11.1 Å². The molecule has 0 aliphatic rings. The van der Waals surface area contributed by atoms with Crippen LogP contribution in [0.1, 0.15) is 33.2 Å². The first-order valence-electron chi connectivity index (χ1n) is 6.26. The van der Waals surface area contributed by atoms with Crippen LogP contribution in [0.4, 0.5) is 11.4 Å². The maximum Gasteiger partial charge on any atom is 0.258 e. The van der Waals surface area contributed by atoms with Crippen molar-refractivity contribution in [3.8, 4) is 0 Å². The molecule has 0 bridgehead atoms. The Hall–Kier alpha value is -2.62. The molecule has 2 rings (SSSR count). The maximum atomic E-state index is 12.3. The molecule has 2 aromatic carbocycles. The van der Waals surface area contributed by atoms with E-state index in [0.29, 0.717) is 22.5 Å². The normalized spacial score (nSPS) is 10.1. The van der Waals surface area contributed by atoms with E-state index >= 15 is 0 Å². The number of ketones is 1. The lowest BCUT2D eigenvalue weighted by Gasteiger charge is -2.10. The molecule has 1 amide bonds. The SMILES string of the molecule is CC(=O)c1cccc(NC(=O)c2c(C)cccc2N)c1. The summed E-state index contributed by atoms with van der Waals surface area (Å²) in [4.78, 5) is 23.6. The fraction of sp³-hybridized carbons (Fsp3) is 0.125. The van der Waals surface area contributed by atoms with Gasteiger partial charge in [0, 0.05) is 16.9 Å². The fourth-order valence-electron chi connectivity index (χ4n) is 2.01. The molecular formula is C16H16N2O2. The van der Waals surface area contributed by atoms with Gasteiger partial charge in [-0.3, -0.25) is 9.59 Å². The summed E-state index contributed by atoms with van der Waals surface area (Å²) in [7, 11) is 0. The van der Waals surface area contributed by atoms with Crippen LogP contribution in [0.3, 0.4) is 0 Å². The average Bonchev–Trinajstić information content (AvgIpc) is 2.38. The van der Waals surface area contributed by atoms with Crippen LogP contribution in [0, 0.1) is 6.92 Å². The van der Waals surface area contributed by atoms with Crippen molar-refractivity contribution in [2.45, 2.75) is 13.8 Å². The number of rotatable bonds is 3. The molecule has 0 atom stereocenters. The zero-order valence-electron chi connectivity index (χ0n) is 11.4.